The zero-order valence-electron chi connectivity index (χ0n) is 17.8. The fraction of sp³-hybridized carbons (Fsp3) is 0.192. The summed E-state index contributed by atoms with van der Waals surface area (Å²) in [6, 6.07) is 22.9. The highest BCUT2D eigenvalue weighted by molar-refractivity contribution is 5.97. The van der Waals surface area contributed by atoms with Gasteiger partial charge in [-0.15, -0.1) is 0 Å². The minimum atomic E-state index is -0.719. The van der Waals surface area contributed by atoms with Gasteiger partial charge in [-0.05, 0) is 36.1 Å². The van der Waals surface area contributed by atoms with Gasteiger partial charge in [-0.25, -0.2) is 0 Å². The smallest absolute Gasteiger partial charge is 0.323 e. The van der Waals surface area contributed by atoms with Gasteiger partial charge < -0.3 is 9.47 Å². The van der Waals surface area contributed by atoms with E-state index in [9.17, 15) is 14.4 Å². The Balaban J connectivity index is 1.70. The molecule has 0 amide bonds. The van der Waals surface area contributed by atoms with Gasteiger partial charge >= 0.3 is 5.97 Å². The van der Waals surface area contributed by atoms with Crippen LogP contribution in [0.1, 0.15) is 27.0 Å². The molecule has 0 bridgehead atoms. The van der Waals surface area contributed by atoms with Crippen molar-refractivity contribution in [2.24, 2.45) is 0 Å². The van der Waals surface area contributed by atoms with E-state index in [1.54, 1.807) is 36.4 Å². The number of ketones is 1. The van der Waals surface area contributed by atoms with E-state index >= 15 is 0 Å². The first kappa shape index (κ1) is 22.9. The molecule has 0 aliphatic heterocycles. The summed E-state index contributed by atoms with van der Waals surface area (Å²) >= 11 is 0. The molecule has 0 unspecified atom stereocenters. The molecule has 0 heterocycles. The fourth-order valence-corrected chi connectivity index (χ4v) is 3.27. The van der Waals surface area contributed by atoms with E-state index in [1.165, 1.54) is 0 Å². The van der Waals surface area contributed by atoms with Gasteiger partial charge in [0.05, 0.1) is 6.54 Å². The molecule has 164 valence electrons. The Bertz CT molecular complexity index is 1050. The second-order valence-corrected chi connectivity index (χ2v) is 7.33. The molecule has 0 aliphatic rings. The maximum atomic E-state index is 12.9. The lowest BCUT2D eigenvalue weighted by Crippen LogP contribution is -2.42. The third-order valence-corrected chi connectivity index (χ3v) is 4.97. The van der Waals surface area contributed by atoms with Crippen LogP contribution in [0.5, 0.6) is 5.75 Å². The van der Waals surface area contributed by atoms with Crippen molar-refractivity contribution in [1.82, 2.24) is 5.32 Å². The summed E-state index contributed by atoms with van der Waals surface area (Å²) < 4.78 is 10.4. The number of hydrogen-bond acceptors (Lipinski definition) is 6. The van der Waals surface area contributed by atoms with E-state index in [1.807, 2.05) is 49.4 Å². The standard InChI is InChI=1S/C26H25NO5/c1-19-14-21(12-13-25(19)32-18-28)15-23(26(30)31-17-20-8-4-2-5-9-20)27-16-24(29)22-10-6-3-7-11-22/h2-14,18,23,27H,15-17H2,1H3/t23-/m0/s1. The summed E-state index contributed by atoms with van der Waals surface area (Å²) in [5.41, 5.74) is 3.07. The molecule has 0 saturated heterocycles. The number of benzene rings is 3. The quantitative estimate of drug-likeness (QED) is 0.284. The van der Waals surface area contributed by atoms with Crippen LogP contribution in [0, 0.1) is 6.92 Å². The molecular formula is C26H25NO5. The van der Waals surface area contributed by atoms with Crippen molar-refractivity contribution in [1.29, 1.82) is 0 Å². The van der Waals surface area contributed by atoms with Crippen LogP contribution in [-0.2, 0) is 27.4 Å². The Hall–Kier alpha value is -3.77. The number of nitrogens with one attached hydrogen (secondary N) is 1. The topological polar surface area (TPSA) is 81.7 Å². The first-order valence-corrected chi connectivity index (χ1v) is 10.3. The second-order valence-electron chi connectivity index (χ2n) is 7.33. The summed E-state index contributed by atoms with van der Waals surface area (Å²) in [5, 5.41) is 3.05. The van der Waals surface area contributed by atoms with E-state index in [2.05, 4.69) is 5.32 Å². The van der Waals surface area contributed by atoms with Crippen molar-refractivity contribution in [2.45, 2.75) is 26.0 Å². The van der Waals surface area contributed by atoms with Gasteiger partial charge in [0.1, 0.15) is 18.4 Å². The van der Waals surface area contributed by atoms with Crippen molar-refractivity contribution in [3.8, 4) is 5.75 Å². The number of hydrogen-bond donors (Lipinski definition) is 1. The molecular weight excluding hydrogens is 406 g/mol. The van der Waals surface area contributed by atoms with E-state index in [-0.39, 0.29) is 18.9 Å². The van der Waals surface area contributed by atoms with Crippen molar-refractivity contribution in [2.75, 3.05) is 6.54 Å². The third-order valence-electron chi connectivity index (χ3n) is 4.97. The molecule has 0 aromatic heterocycles. The van der Waals surface area contributed by atoms with Gasteiger partial charge in [-0.3, -0.25) is 19.7 Å². The molecule has 0 saturated carbocycles. The van der Waals surface area contributed by atoms with Gasteiger partial charge in [0.25, 0.3) is 6.47 Å². The van der Waals surface area contributed by atoms with Crippen LogP contribution < -0.4 is 10.1 Å². The van der Waals surface area contributed by atoms with Gasteiger partial charge in [-0.2, -0.15) is 0 Å². The summed E-state index contributed by atoms with van der Waals surface area (Å²) in [6.07, 6.45) is 0.317. The highest BCUT2D eigenvalue weighted by Crippen LogP contribution is 2.20. The molecule has 6 heteroatoms. The lowest BCUT2D eigenvalue weighted by atomic mass is 10.0. The number of rotatable bonds is 11. The van der Waals surface area contributed by atoms with Gasteiger partial charge in [0.2, 0.25) is 0 Å². The highest BCUT2D eigenvalue weighted by Gasteiger charge is 2.22. The number of carbonyl (C=O) groups is 3. The van der Waals surface area contributed by atoms with Crippen molar-refractivity contribution in [3.05, 3.63) is 101 Å². The predicted molar refractivity (Wildman–Crippen MR) is 120 cm³/mol. The second kappa shape index (κ2) is 11.6. The molecule has 3 aromatic rings. The Labute approximate surface area is 187 Å². The van der Waals surface area contributed by atoms with E-state index < -0.39 is 12.0 Å². The molecule has 0 aliphatic carbocycles. The lowest BCUT2D eigenvalue weighted by molar-refractivity contribution is -0.147. The SMILES string of the molecule is Cc1cc(C[C@H](NCC(=O)c2ccccc2)C(=O)OCc2ccccc2)ccc1OC=O. The summed E-state index contributed by atoms with van der Waals surface area (Å²) in [7, 11) is 0. The van der Waals surface area contributed by atoms with E-state index in [0.29, 0.717) is 24.2 Å². The summed E-state index contributed by atoms with van der Waals surface area (Å²) in [6.45, 7) is 2.34. The van der Waals surface area contributed by atoms with Gasteiger partial charge in [0, 0.05) is 5.56 Å². The Morgan fingerprint density at radius 2 is 1.62 bits per heavy atom. The Kier molecular flexibility index (Phi) is 8.29. The minimum Gasteiger partial charge on any atom is -0.460 e. The molecule has 6 nitrogen and oxygen atoms in total. The first-order chi connectivity index (χ1) is 15.6. The van der Waals surface area contributed by atoms with E-state index in [4.69, 9.17) is 9.47 Å². The highest BCUT2D eigenvalue weighted by atomic mass is 16.5. The lowest BCUT2D eigenvalue weighted by Gasteiger charge is -2.18. The maximum absolute atomic E-state index is 12.9. The fourth-order valence-electron chi connectivity index (χ4n) is 3.27. The van der Waals surface area contributed by atoms with Crippen molar-refractivity contribution >= 4 is 18.2 Å². The average molecular weight is 431 g/mol. The zero-order chi connectivity index (χ0) is 22.8. The maximum Gasteiger partial charge on any atom is 0.323 e. The van der Waals surface area contributed by atoms with Crippen LogP contribution in [0.25, 0.3) is 0 Å². The third kappa shape index (κ3) is 6.62. The molecule has 0 fully saturated rings. The zero-order valence-corrected chi connectivity index (χ0v) is 17.8. The molecule has 0 spiro atoms. The average Bonchev–Trinajstić information content (AvgIpc) is 2.83. The molecule has 3 rings (SSSR count). The van der Waals surface area contributed by atoms with Gasteiger partial charge in [0.15, 0.2) is 5.78 Å². The summed E-state index contributed by atoms with van der Waals surface area (Å²) in [4.78, 5) is 36.0. The number of carbonyl (C=O) groups excluding carboxylic acids is 3. The first-order valence-electron chi connectivity index (χ1n) is 10.3. The molecule has 1 N–H and O–H groups in total. The largest absolute Gasteiger partial charge is 0.460 e. The van der Waals surface area contributed by atoms with Gasteiger partial charge in [-0.1, -0.05) is 72.8 Å². The molecule has 0 radical (unpaired) electrons. The summed E-state index contributed by atoms with van der Waals surface area (Å²) in [5.74, 6) is -0.0999. The van der Waals surface area contributed by atoms with Crippen LogP contribution >= 0.6 is 0 Å². The van der Waals surface area contributed by atoms with Crippen molar-refractivity contribution < 1.29 is 23.9 Å². The number of Topliss-reactive ketones (excluding diaryl/α,β-unsaturated/α-hetero) is 1. The Morgan fingerprint density at radius 1 is 0.938 bits per heavy atom. The Morgan fingerprint density at radius 3 is 2.28 bits per heavy atom. The molecule has 32 heavy (non-hydrogen) atoms. The number of esters is 1. The molecule has 3 aromatic carbocycles. The predicted octanol–water partition coefficient (Wildman–Crippen LogP) is 3.66. The van der Waals surface area contributed by atoms with Crippen LogP contribution in [0.2, 0.25) is 0 Å². The minimum absolute atomic E-state index is 0.000432. The monoisotopic (exact) mass is 431 g/mol. The van der Waals surface area contributed by atoms with Crippen LogP contribution in [0.3, 0.4) is 0 Å². The van der Waals surface area contributed by atoms with Crippen LogP contribution in [-0.4, -0.2) is 30.8 Å². The number of ether oxygens (including phenoxy) is 2. The van der Waals surface area contributed by atoms with Crippen LogP contribution in [0.15, 0.2) is 78.9 Å². The van der Waals surface area contributed by atoms with E-state index in [0.717, 1.165) is 16.7 Å². The van der Waals surface area contributed by atoms with Crippen molar-refractivity contribution in [3.63, 3.8) is 0 Å². The normalized spacial score (nSPS) is 11.4. The molecule has 1 atom stereocenters. The number of aryl methyl sites for hydroxylation is 1. The van der Waals surface area contributed by atoms with Crippen LogP contribution in [0.4, 0.5) is 0 Å².